The molecule has 0 spiro atoms. The van der Waals surface area contributed by atoms with Crippen molar-refractivity contribution in [2.75, 3.05) is 11.9 Å². The van der Waals surface area contributed by atoms with E-state index in [2.05, 4.69) is 39.8 Å². The average Bonchev–Trinajstić information content (AvgIpc) is 2.64. The van der Waals surface area contributed by atoms with Gasteiger partial charge in [0.05, 0.1) is 4.92 Å². The third kappa shape index (κ3) is 3.41. The summed E-state index contributed by atoms with van der Waals surface area (Å²) in [5.41, 5.74) is 4.50. The van der Waals surface area contributed by atoms with E-state index in [1.165, 1.54) is 24.1 Å². The molecule has 0 aliphatic heterocycles. The molecule has 1 aliphatic carbocycles. The molecular weight excluding hydrogens is 352 g/mol. The first-order valence-electron chi connectivity index (χ1n) is 9.62. The van der Waals surface area contributed by atoms with Crippen LogP contribution in [0.25, 0.3) is 0 Å². The maximum Gasteiger partial charge on any atom is 0.293 e. The predicted octanol–water partition coefficient (Wildman–Crippen LogP) is 5.91. The van der Waals surface area contributed by atoms with Gasteiger partial charge < -0.3 is 4.90 Å². The summed E-state index contributed by atoms with van der Waals surface area (Å²) in [4.78, 5) is 24.7. The first-order chi connectivity index (χ1) is 12.9. The van der Waals surface area contributed by atoms with Crippen LogP contribution in [0.1, 0.15) is 68.9 Å². The predicted molar refractivity (Wildman–Crippen MR) is 113 cm³/mol. The Kier molecular flexibility index (Phi) is 4.82. The van der Waals surface area contributed by atoms with E-state index in [4.69, 9.17) is 0 Å². The van der Waals surface area contributed by atoms with E-state index in [0.29, 0.717) is 11.3 Å². The van der Waals surface area contributed by atoms with Gasteiger partial charge in [-0.25, -0.2) is 0 Å². The van der Waals surface area contributed by atoms with Gasteiger partial charge in [0.25, 0.3) is 5.69 Å². The number of ketones is 1. The smallest absolute Gasteiger partial charge is 0.293 e. The Balaban J connectivity index is 2.11. The molecule has 0 saturated carbocycles. The number of carbonyl (C=O) groups is 1. The van der Waals surface area contributed by atoms with E-state index in [9.17, 15) is 14.9 Å². The van der Waals surface area contributed by atoms with Gasteiger partial charge in [0.15, 0.2) is 5.78 Å². The normalized spacial score (nSPS) is 16.9. The number of nitrogens with zero attached hydrogens (tertiary/aromatic N) is 2. The number of Topliss-reactive ketones (excluding diaryl/α,β-unsaturated/α-hetero) is 1. The van der Waals surface area contributed by atoms with Gasteiger partial charge in [-0.05, 0) is 66.0 Å². The molecule has 5 heteroatoms. The van der Waals surface area contributed by atoms with Crippen LogP contribution in [0.4, 0.5) is 17.1 Å². The van der Waals surface area contributed by atoms with Crippen molar-refractivity contribution >= 4 is 22.8 Å². The van der Waals surface area contributed by atoms with Crippen LogP contribution in [0.3, 0.4) is 0 Å². The molecule has 0 saturated heterocycles. The molecule has 0 fully saturated rings. The fourth-order valence-electron chi connectivity index (χ4n) is 4.10. The van der Waals surface area contributed by atoms with E-state index >= 15 is 0 Å². The average molecular weight is 380 g/mol. The third-order valence-electron chi connectivity index (χ3n) is 6.16. The standard InChI is InChI=1S/C23H28N2O3/c1-15(26)16-7-10-20(21(13-16)25(27)28)24(6)17-8-9-18-19(14-17)23(4,5)12-11-22(18,2)3/h7-10,13-14H,11-12H2,1-6H3. The van der Waals surface area contributed by atoms with Gasteiger partial charge in [-0.1, -0.05) is 33.8 Å². The molecule has 0 atom stereocenters. The third-order valence-corrected chi connectivity index (χ3v) is 6.16. The van der Waals surface area contributed by atoms with Gasteiger partial charge >= 0.3 is 0 Å². The molecular formula is C23H28N2O3. The van der Waals surface area contributed by atoms with E-state index in [1.54, 1.807) is 12.1 Å². The maximum absolute atomic E-state index is 11.6. The monoisotopic (exact) mass is 380 g/mol. The first kappa shape index (κ1) is 20.1. The second-order valence-electron chi connectivity index (χ2n) is 9.07. The fraction of sp³-hybridized carbons (Fsp3) is 0.435. The summed E-state index contributed by atoms with van der Waals surface area (Å²) in [5.74, 6) is -0.185. The summed E-state index contributed by atoms with van der Waals surface area (Å²) in [6.07, 6.45) is 2.24. The quantitative estimate of drug-likeness (QED) is 0.375. The SMILES string of the molecule is CC(=O)c1ccc(N(C)c2ccc3c(c2)C(C)(C)CCC3(C)C)c([N+](=O)[O-])c1. The second-order valence-corrected chi connectivity index (χ2v) is 9.07. The van der Waals surface area contributed by atoms with Crippen molar-refractivity contribution < 1.29 is 9.72 Å². The maximum atomic E-state index is 11.6. The van der Waals surface area contributed by atoms with Gasteiger partial charge in [0.1, 0.15) is 5.69 Å². The van der Waals surface area contributed by atoms with Gasteiger partial charge in [0.2, 0.25) is 0 Å². The lowest BCUT2D eigenvalue weighted by molar-refractivity contribution is -0.384. The van der Waals surface area contributed by atoms with E-state index in [0.717, 1.165) is 18.5 Å². The van der Waals surface area contributed by atoms with E-state index < -0.39 is 4.92 Å². The molecule has 148 valence electrons. The zero-order chi connectivity index (χ0) is 20.9. The molecule has 0 heterocycles. The van der Waals surface area contributed by atoms with Crippen molar-refractivity contribution in [2.45, 2.75) is 58.3 Å². The number of anilines is 2. The zero-order valence-corrected chi connectivity index (χ0v) is 17.5. The van der Waals surface area contributed by atoms with E-state index in [1.807, 2.05) is 18.0 Å². The summed E-state index contributed by atoms with van der Waals surface area (Å²) in [6.45, 7) is 10.5. The summed E-state index contributed by atoms with van der Waals surface area (Å²) in [5, 5.41) is 11.6. The van der Waals surface area contributed by atoms with Gasteiger partial charge in [0, 0.05) is 24.4 Å². The molecule has 5 nitrogen and oxygen atoms in total. The fourth-order valence-corrected chi connectivity index (χ4v) is 4.10. The molecule has 2 aromatic carbocycles. The molecule has 1 aliphatic rings. The Labute approximate surface area is 166 Å². The van der Waals surface area contributed by atoms with Crippen molar-refractivity contribution in [1.29, 1.82) is 0 Å². The highest BCUT2D eigenvalue weighted by molar-refractivity contribution is 5.95. The topological polar surface area (TPSA) is 63.5 Å². The minimum atomic E-state index is -0.427. The van der Waals surface area contributed by atoms with E-state index in [-0.39, 0.29) is 22.3 Å². The lowest BCUT2D eigenvalue weighted by Crippen LogP contribution is -2.34. The van der Waals surface area contributed by atoms with Crippen molar-refractivity contribution in [3.63, 3.8) is 0 Å². The molecule has 0 radical (unpaired) electrons. The molecule has 28 heavy (non-hydrogen) atoms. The lowest BCUT2D eigenvalue weighted by Gasteiger charge is -2.42. The summed E-state index contributed by atoms with van der Waals surface area (Å²) in [6, 6.07) is 11.0. The van der Waals surface area contributed by atoms with Crippen molar-refractivity contribution in [1.82, 2.24) is 0 Å². The Morgan fingerprint density at radius 3 is 2.18 bits per heavy atom. The van der Waals surface area contributed by atoms with Crippen LogP contribution in [0.2, 0.25) is 0 Å². The van der Waals surface area contributed by atoms with Crippen LogP contribution >= 0.6 is 0 Å². The number of hydrogen-bond donors (Lipinski definition) is 0. The molecule has 0 unspecified atom stereocenters. The Morgan fingerprint density at radius 1 is 1.00 bits per heavy atom. The Hall–Kier alpha value is -2.69. The van der Waals surface area contributed by atoms with Crippen LogP contribution < -0.4 is 4.90 Å². The second kappa shape index (κ2) is 6.73. The summed E-state index contributed by atoms with van der Waals surface area (Å²) in [7, 11) is 1.83. The number of rotatable bonds is 4. The molecule has 0 amide bonds. The number of hydrogen-bond acceptors (Lipinski definition) is 4. The van der Waals surface area contributed by atoms with Crippen LogP contribution in [0.5, 0.6) is 0 Å². The van der Waals surface area contributed by atoms with Gasteiger partial charge in [-0.15, -0.1) is 0 Å². The minimum absolute atomic E-state index is 0.0616. The molecule has 0 N–H and O–H groups in total. The number of carbonyl (C=O) groups excluding carboxylic acids is 1. The molecule has 0 aromatic heterocycles. The van der Waals surface area contributed by atoms with Crippen LogP contribution in [0, 0.1) is 10.1 Å². The van der Waals surface area contributed by atoms with Gasteiger partial charge in [-0.3, -0.25) is 14.9 Å². The highest BCUT2D eigenvalue weighted by Gasteiger charge is 2.37. The minimum Gasteiger partial charge on any atom is -0.339 e. The number of fused-ring (bicyclic) bond motifs is 1. The largest absolute Gasteiger partial charge is 0.339 e. The molecule has 3 rings (SSSR count). The lowest BCUT2D eigenvalue weighted by atomic mass is 9.63. The number of nitro benzene ring substituents is 1. The van der Waals surface area contributed by atoms with Crippen molar-refractivity contribution in [2.24, 2.45) is 0 Å². The Bertz CT molecular complexity index is 960. The van der Waals surface area contributed by atoms with Gasteiger partial charge in [-0.2, -0.15) is 0 Å². The van der Waals surface area contributed by atoms with Crippen molar-refractivity contribution in [3.8, 4) is 0 Å². The highest BCUT2D eigenvalue weighted by atomic mass is 16.6. The van der Waals surface area contributed by atoms with Crippen molar-refractivity contribution in [3.05, 3.63) is 63.2 Å². The van der Waals surface area contributed by atoms with Crippen LogP contribution in [-0.2, 0) is 10.8 Å². The summed E-state index contributed by atoms with van der Waals surface area (Å²) < 4.78 is 0. The summed E-state index contributed by atoms with van der Waals surface area (Å²) >= 11 is 0. The molecule has 0 bridgehead atoms. The van der Waals surface area contributed by atoms with Crippen LogP contribution in [0.15, 0.2) is 36.4 Å². The zero-order valence-electron chi connectivity index (χ0n) is 17.5. The number of benzene rings is 2. The molecule has 2 aromatic rings. The Morgan fingerprint density at radius 2 is 1.61 bits per heavy atom. The number of nitro groups is 1. The first-order valence-corrected chi connectivity index (χ1v) is 9.62. The van der Waals surface area contributed by atoms with Crippen LogP contribution in [-0.4, -0.2) is 17.8 Å². The highest BCUT2D eigenvalue weighted by Crippen LogP contribution is 2.47.